The first-order chi connectivity index (χ1) is 17.1. The summed E-state index contributed by atoms with van der Waals surface area (Å²) in [4.78, 5) is 18.7. The van der Waals surface area contributed by atoms with Gasteiger partial charge >= 0.3 is 6.03 Å². The molecule has 2 N–H and O–H groups in total. The van der Waals surface area contributed by atoms with Crippen LogP contribution in [0.15, 0.2) is 53.2 Å². The van der Waals surface area contributed by atoms with Crippen LogP contribution >= 0.6 is 12.4 Å². The van der Waals surface area contributed by atoms with Gasteiger partial charge in [0, 0.05) is 29.8 Å². The highest BCUT2D eigenvalue weighted by atomic mass is 35.5. The van der Waals surface area contributed by atoms with E-state index in [1.54, 1.807) is 50.7 Å². The molecule has 2 aromatic carbocycles. The summed E-state index contributed by atoms with van der Waals surface area (Å²) in [5, 5.41) is 16.2. The molecule has 36 heavy (non-hydrogen) atoms. The first-order valence-corrected chi connectivity index (χ1v) is 10.7. The Labute approximate surface area is 211 Å². The van der Waals surface area contributed by atoms with E-state index < -0.39 is 6.03 Å². The molecule has 2 amide bonds. The summed E-state index contributed by atoms with van der Waals surface area (Å²) in [7, 11) is 3.14. The Balaban J connectivity index is 0.00000304. The topological polar surface area (TPSA) is 128 Å². The Hall–Kier alpha value is -4.22. The van der Waals surface area contributed by atoms with Crippen LogP contribution in [0.1, 0.15) is 5.76 Å². The molecule has 11 nitrogen and oxygen atoms in total. The van der Waals surface area contributed by atoms with Crippen LogP contribution in [0.5, 0.6) is 28.7 Å². The van der Waals surface area contributed by atoms with E-state index in [2.05, 4.69) is 15.5 Å². The molecule has 3 heterocycles. The number of anilines is 2. The van der Waals surface area contributed by atoms with Crippen molar-refractivity contribution in [2.24, 2.45) is 0 Å². The van der Waals surface area contributed by atoms with E-state index in [0.29, 0.717) is 53.1 Å². The average Bonchev–Trinajstić information content (AvgIpc) is 3.35. The number of aliphatic hydroxyl groups is 1. The molecule has 12 heteroatoms. The van der Waals surface area contributed by atoms with Gasteiger partial charge in [-0.05, 0) is 24.3 Å². The third-order valence-corrected chi connectivity index (χ3v) is 5.42. The first kappa shape index (κ1) is 24.9. The number of halogens is 1. The maximum absolute atomic E-state index is 12.8. The van der Waals surface area contributed by atoms with Gasteiger partial charge in [0.1, 0.15) is 30.5 Å². The maximum atomic E-state index is 12.8. The number of aromatic nitrogens is 2. The van der Waals surface area contributed by atoms with Crippen molar-refractivity contribution in [2.45, 2.75) is 6.61 Å². The van der Waals surface area contributed by atoms with Crippen LogP contribution in [0.2, 0.25) is 0 Å². The van der Waals surface area contributed by atoms with Gasteiger partial charge in [0.05, 0.1) is 32.0 Å². The van der Waals surface area contributed by atoms with Gasteiger partial charge in [0.2, 0.25) is 0 Å². The lowest BCUT2D eigenvalue weighted by molar-refractivity contribution is 0.229. The Kier molecular flexibility index (Phi) is 7.32. The van der Waals surface area contributed by atoms with Gasteiger partial charge < -0.3 is 28.6 Å². The molecule has 4 aromatic rings. The van der Waals surface area contributed by atoms with Gasteiger partial charge in [0.15, 0.2) is 23.1 Å². The van der Waals surface area contributed by atoms with Crippen molar-refractivity contribution >= 4 is 40.8 Å². The van der Waals surface area contributed by atoms with Gasteiger partial charge in [-0.3, -0.25) is 15.2 Å². The minimum atomic E-state index is -0.401. The molecule has 0 atom stereocenters. The van der Waals surface area contributed by atoms with Crippen LogP contribution in [0.4, 0.5) is 16.3 Å². The van der Waals surface area contributed by atoms with Gasteiger partial charge in [-0.2, -0.15) is 0 Å². The second-order valence-electron chi connectivity index (χ2n) is 7.53. The molecular weight excluding hydrogens is 492 g/mol. The number of pyridine rings is 1. The van der Waals surface area contributed by atoms with Crippen molar-refractivity contribution in [3.63, 3.8) is 0 Å². The van der Waals surface area contributed by atoms with Crippen molar-refractivity contribution in [3.8, 4) is 28.7 Å². The maximum Gasteiger partial charge on any atom is 0.327 e. The lowest BCUT2D eigenvalue weighted by Gasteiger charge is -2.29. The summed E-state index contributed by atoms with van der Waals surface area (Å²) >= 11 is 0. The molecule has 0 spiro atoms. The zero-order chi connectivity index (χ0) is 24.4. The average molecular weight is 515 g/mol. The SMILES string of the molecule is COc1cc2nccc(Oc3ccc4c(c3)OCCN4C(=O)Nc3cc(CO)on3)c2cc1OC.Cl. The summed E-state index contributed by atoms with van der Waals surface area (Å²) < 4.78 is 27.6. The van der Waals surface area contributed by atoms with Crippen LogP contribution in [-0.4, -0.2) is 48.6 Å². The third-order valence-electron chi connectivity index (χ3n) is 5.42. The number of amides is 2. The summed E-state index contributed by atoms with van der Waals surface area (Å²) in [6.07, 6.45) is 1.65. The molecule has 5 rings (SSSR count). The predicted octanol–water partition coefficient (Wildman–Crippen LogP) is 4.38. The molecule has 0 fully saturated rings. The molecule has 0 radical (unpaired) electrons. The van der Waals surface area contributed by atoms with E-state index in [9.17, 15) is 4.79 Å². The Bertz CT molecular complexity index is 1390. The fraction of sp³-hybridized carbons (Fsp3) is 0.208. The zero-order valence-corrected chi connectivity index (χ0v) is 20.2. The highest BCUT2D eigenvalue weighted by Gasteiger charge is 2.25. The lowest BCUT2D eigenvalue weighted by Crippen LogP contribution is -2.40. The quantitative estimate of drug-likeness (QED) is 0.385. The second-order valence-corrected chi connectivity index (χ2v) is 7.53. The van der Waals surface area contributed by atoms with Crippen LogP contribution in [0.25, 0.3) is 10.9 Å². The van der Waals surface area contributed by atoms with Crippen molar-refractivity contribution in [2.75, 3.05) is 37.6 Å². The molecule has 0 unspecified atom stereocenters. The number of carbonyl (C=O) groups is 1. The number of methoxy groups -OCH3 is 2. The summed E-state index contributed by atoms with van der Waals surface area (Å²) in [6, 6.07) is 11.6. The number of urea groups is 1. The lowest BCUT2D eigenvalue weighted by atomic mass is 10.1. The first-order valence-electron chi connectivity index (χ1n) is 10.7. The number of hydrogen-bond acceptors (Lipinski definition) is 9. The number of aliphatic hydroxyl groups excluding tert-OH is 1. The number of carbonyl (C=O) groups excluding carboxylic acids is 1. The molecule has 0 bridgehead atoms. The molecule has 1 aliphatic heterocycles. The number of nitrogens with zero attached hydrogens (tertiary/aromatic N) is 3. The normalized spacial score (nSPS) is 12.2. The van der Waals surface area contributed by atoms with E-state index in [4.69, 9.17) is 28.6 Å². The highest BCUT2D eigenvalue weighted by molar-refractivity contribution is 6.02. The van der Waals surface area contributed by atoms with Crippen LogP contribution < -0.4 is 29.2 Å². The van der Waals surface area contributed by atoms with Crippen molar-refractivity contribution in [3.05, 3.63) is 54.4 Å². The molecule has 0 aliphatic carbocycles. The van der Waals surface area contributed by atoms with Gasteiger partial charge in [0.25, 0.3) is 0 Å². The van der Waals surface area contributed by atoms with E-state index in [1.165, 1.54) is 11.0 Å². The van der Waals surface area contributed by atoms with Crippen molar-refractivity contribution in [1.82, 2.24) is 10.1 Å². The molecule has 0 saturated heterocycles. The zero-order valence-electron chi connectivity index (χ0n) is 19.4. The standard InChI is InChI=1S/C24H22N4O7.ClH/c1-31-21-11-16-17(12-22(21)32-2)25-6-5-19(16)34-14-3-4-18-20(9-14)33-8-7-28(18)24(30)26-23-10-15(13-29)35-27-23;/h3-6,9-12,29H,7-8,13H2,1-2H3,(H,26,27,30);1H. The minimum Gasteiger partial charge on any atom is -0.493 e. The van der Waals surface area contributed by atoms with E-state index in [0.717, 1.165) is 5.39 Å². The number of rotatable bonds is 6. The number of fused-ring (bicyclic) bond motifs is 2. The second kappa shape index (κ2) is 10.6. The highest BCUT2D eigenvalue weighted by Crippen LogP contribution is 2.40. The number of hydrogen-bond donors (Lipinski definition) is 2. The predicted molar refractivity (Wildman–Crippen MR) is 133 cm³/mol. The Morgan fingerprint density at radius 3 is 2.67 bits per heavy atom. The number of nitrogens with one attached hydrogen (secondary N) is 1. The van der Waals surface area contributed by atoms with Gasteiger partial charge in [-0.25, -0.2) is 4.79 Å². The summed E-state index contributed by atoms with van der Waals surface area (Å²) in [5.41, 5.74) is 1.27. The fourth-order valence-electron chi connectivity index (χ4n) is 3.76. The molecular formula is C24H23ClN4O7. The van der Waals surface area contributed by atoms with E-state index in [-0.39, 0.29) is 30.6 Å². The summed E-state index contributed by atoms with van der Waals surface area (Å²) in [5.74, 6) is 3.20. The van der Waals surface area contributed by atoms with E-state index in [1.807, 2.05) is 6.07 Å². The molecule has 2 aromatic heterocycles. The van der Waals surface area contributed by atoms with E-state index >= 15 is 0 Å². The van der Waals surface area contributed by atoms with Crippen molar-refractivity contribution in [1.29, 1.82) is 0 Å². The third kappa shape index (κ3) is 4.79. The smallest absolute Gasteiger partial charge is 0.327 e. The summed E-state index contributed by atoms with van der Waals surface area (Å²) in [6.45, 7) is 0.346. The fourth-order valence-corrected chi connectivity index (χ4v) is 3.76. The molecule has 1 aliphatic rings. The molecule has 0 saturated carbocycles. The minimum absolute atomic E-state index is 0. The largest absolute Gasteiger partial charge is 0.493 e. The van der Waals surface area contributed by atoms with Crippen molar-refractivity contribution < 1.29 is 33.4 Å². The van der Waals surface area contributed by atoms with Crippen LogP contribution in [0, 0.1) is 0 Å². The van der Waals surface area contributed by atoms with Gasteiger partial charge in [-0.15, -0.1) is 12.4 Å². The number of benzene rings is 2. The molecule has 188 valence electrons. The Morgan fingerprint density at radius 2 is 1.92 bits per heavy atom. The van der Waals surface area contributed by atoms with Crippen LogP contribution in [-0.2, 0) is 6.61 Å². The Morgan fingerprint density at radius 1 is 1.11 bits per heavy atom. The van der Waals surface area contributed by atoms with Crippen LogP contribution in [0.3, 0.4) is 0 Å². The van der Waals surface area contributed by atoms with Gasteiger partial charge in [-0.1, -0.05) is 5.16 Å². The number of ether oxygens (including phenoxy) is 4. The monoisotopic (exact) mass is 514 g/mol.